The van der Waals surface area contributed by atoms with Gasteiger partial charge in [-0.15, -0.1) is 0 Å². The number of hydrogen-bond donors (Lipinski definition) is 1. The molecular weight excluding hydrogens is 238 g/mol. The summed E-state index contributed by atoms with van der Waals surface area (Å²) in [4.78, 5) is 0. The van der Waals surface area contributed by atoms with Crippen molar-refractivity contribution in [2.24, 2.45) is 0 Å². The number of benzene rings is 1. The van der Waals surface area contributed by atoms with Gasteiger partial charge >= 0.3 is 0 Å². The molecule has 0 saturated carbocycles. The Hall–Kier alpha value is -1.65. The molecule has 2 heterocycles. The van der Waals surface area contributed by atoms with E-state index >= 15 is 0 Å². The third kappa shape index (κ3) is 3.22. The Kier molecular flexibility index (Phi) is 3.91. The van der Waals surface area contributed by atoms with Gasteiger partial charge in [0.05, 0.1) is 24.6 Å². The third-order valence-electron chi connectivity index (χ3n) is 3.39. The van der Waals surface area contributed by atoms with Crippen LogP contribution in [-0.2, 0) is 11.3 Å². The minimum Gasteiger partial charge on any atom is -0.372 e. The highest BCUT2D eigenvalue weighted by molar-refractivity contribution is 5.30. The van der Waals surface area contributed by atoms with Crippen LogP contribution in [0.1, 0.15) is 18.4 Å². The second-order valence-corrected chi connectivity index (χ2v) is 4.91. The lowest BCUT2D eigenvalue weighted by atomic mass is 10.1. The molecule has 0 amide bonds. The maximum Gasteiger partial charge on any atom is 0.0752 e. The van der Waals surface area contributed by atoms with Crippen LogP contribution in [0.25, 0.3) is 5.69 Å². The molecule has 1 saturated heterocycles. The van der Waals surface area contributed by atoms with Crippen LogP contribution in [0.15, 0.2) is 42.7 Å². The maximum atomic E-state index is 5.90. The topological polar surface area (TPSA) is 39.1 Å². The molecule has 3 rings (SSSR count). The van der Waals surface area contributed by atoms with Crippen LogP contribution in [0.2, 0.25) is 0 Å². The first kappa shape index (κ1) is 12.4. The molecule has 4 heteroatoms. The standard InChI is InChI=1S/C15H19N3O/c1-2-5-14(6-3-1)18-11-13(9-17-18)12-19-15-7-4-8-16-10-15/h1-3,5-6,9,11,15-16H,4,7-8,10,12H2/t15-/m0/s1. The predicted molar refractivity (Wildman–Crippen MR) is 74.2 cm³/mol. The Morgan fingerprint density at radius 3 is 3.00 bits per heavy atom. The number of para-hydroxylation sites is 1. The summed E-state index contributed by atoms with van der Waals surface area (Å²) in [5.74, 6) is 0. The number of aromatic nitrogens is 2. The normalized spacial score (nSPS) is 19.5. The van der Waals surface area contributed by atoms with Crippen LogP contribution in [0.5, 0.6) is 0 Å². The zero-order valence-electron chi connectivity index (χ0n) is 11.0. The fourth-order valence-corrected chi connectivity index (χ4v) is 2.33. The second kappa shape index (κ2) is 5.99. The lowest BCUT2D eigenvalue weighted by molar-refractivity contribution is 0.0253. The first-order valence-corrected chi connectivity index (χ1v) is 6.83. The fraction of sp³-hybridized carbons (Fsp3) is 0.400. The van der Waals surface area contributed by atoms with E-state index in [-0.39, 0.29) is 0 Å². The smallest absolute Gasteiger partial charge is 0.0752 e. The quantitative estimate of drug-likeness (QED) is 0.912. The Balaban J connectivity index is 1.59. The van der Waals surface area contributed by atoms with Gasteiger partial charge in [-0.3, -0.25) is 0 Å². The van der Waals surface area contributed by atoms with E-state index in [1.54, 1.807) is 0 Å². The van der Waals surface area contributed by atoms with Crippen molar-refractivity contribution in [3.05, 3.63) is 48.3 Å². The third-order valence-corrected chi connectivity index (χ3v) is 3.39. The fourth-order valence-electron chi connectivity index (χ4n) is 2.33. The first-order valence-electron chi connectivity index (χ1n) is 6.83. The minimum absolute atomic E-state index is 0.342. The van der Waals surface area contributed by atoms with Crippen molar-refractivity contribution in [3.63, 3.8) is 0 Å². The van der Waals surface area contributed by atoms with Gasteiger partial charge in [-0.2, -0.15) is 5.10 Å². The summed E-state index contributed by atoms with van der Waals surface area (Å²) in [5.41, 5.74) is 2.20. The number of ether oxygens (including phenoxy) is 1. The van der Waals surface area contributed by atoms with Crippen molar-refractivity contribution in [3.8, 4) is 5.69 Å². The molecule has 0 spiro atoms. The minimum atomic E-state index is 0.342. The summed E-state index contributed by atoms with van der Waals surface area (Å²) in [6.07, 6.45) is 6.61. The second-order valence-electron chi connectivity index (χ2n) is 4.91. The highest BCUT2D eigenvalue weighted by Crippen LogP contribution is 2.11. The van der Waals surface area contributed by atoms with E-state index in [0.29, 0.717) is 12.7 Å². The Labute approximate surface area is 113 Å². The maximum absolute atomic E-state index is 5.90. The van der Waals surface area contributed by atoms with Crippen LogP contribution in [0.4, 0.5) is 0 Å². The van der Waals surface area contributed by atoms with E-state index in [1.807, 2.05) is 47.4 Å². The van der Waals surface area contributed by atoms with Gasteiger partial charge in [0.25, 0.3) is 0 Å². The van der Waals surface area contributed by atoms with Crippen molar-refractivity contribution >= 4 is 0 Å². The predicted octanol–water partition coefficient (Wildman–Crippen LogP) is 2.14. The average molecular weight is 257 g/mol. The SMILES string of the molecule is c1ccc(-n2cc(CO[C@H]3CCCNC3)cn2)cc1. The number of nitrogens with one attached hydrogen (secondary N) is 1. The zero-order valence-corrected chi connectivity index (χ0v) is 11.0. The monoisotopic (exact) mass is 257 g/mol. The molecule has 1 aromatic carbocycles. The van der Waals surface area contributed by atoms with Crippen molar-refractivity contribution in [2.45, 2.75) is 25.6 Å². The molecule has 1 aliphatic heterocycles. The van der Waals surface area contributed by atoms with Crippen LogP contribution < -0.4 is 5.32 Å². The number of rotatable bonds is 4. The molecule has 1 atom stereocenters. The van der Waals surface area contributed by atoms with E-state index in [9.17, 15) is 0 Å². The molecular formula is C15H19N3O. The lowest BCUT2D eigenvalue weighted by Crippen LogP contribution is -2.35. The van der Waals surface area contributed by atoms with Crippen LogP contribution >= 0.6 is 0 Å². The van der Waals surface area contributed by atoms with Crippen LogP contribution in [-0.4, -0.2) is 29.0 Å². The van der Waals surface area contributed by atoms with Gasteiger partial charge in [0.15, 0.2) is 0 Å². The van der Waals surface area contributed by atoms with Crippen molar-refractivity contribution < 1.29 is 4.74 Å². The van der Waals surface area contributed by atoms with Crippen LogP contribution in [0.3, 0.4) is 0 Å². The summed E-state index contributed by atoms with van der Waals surface area (Å²) in [7, 11) is 0. The molecule has 0 unspecified atom stereocenters. The van der Waals surface area contributed by atoms with Gasteiger partial charge in [-0.1, -0.05) is 18.2 Å². The highest BCUT2D eigenvalue weighted by atomic mass is 16.5. The molecule has 100 valence electrons. The van der Waals surface area contributed by atoms with E-state index < -0.39 is 0 Å². The average Bonchev–Trinajstić information content (AvgIpc) is 2.96. The van der Waals surface area contributed by atoms with E-state index in [4.69, 9.17) is 4.74 Å². The summed E-state index contributed by atoms with van der Waals surface area (Å²) >= 11 is 0. The summed E-state index contributed by atoms with van der Waals surface area (Å²) in [6.45, 7) is 2.72. The van der Waals surface area contributed by atoms with Crippen molar-refractivity contribution in [1.29, 1.82) is 0 Å². The molecule has 1 fully saturated rings. The number of piperidine rings is 1. The lowest BCUT2D eigenvalue weighted by Gasteiger charge is -2.22. The van der Waals surface area contributed by atoms with E-state index in [1.165, 1.54) is 6.42 Å². The largest absolute Gasteiger partial charge is 0.372 e. The molecule has 0 aliphatic carbocycles. The molecule has 19 heavy (non-hydrogen) atoms. The van der Waals surface area contributed by atoms with Crippen LogP contribution in [0, 0.1) is 0 Å². The first-order chi connectivity index (χ1) is 9.42. The van der Waals surface area contributed by atoms with Crippen molar-refractivity contribution in [2.75, 3.05) is 13.1 Å². The molecule has 4 nitrogen and oxygen atoms in total. The number of hydrogen-bond acceptors (Lipinski definition) is 3. The molecule has 0 radical (unpaired) electrons. The van der Waals surface area contributed by atoms with Gasteiger partial charge in [-0.25, -0.2) is 4.68 Å². The van der Waals surface area contributed by atoms with Gasteiger partial charge in [0.2, 0.25) is 0 Å². The van der Waals surface area contributed by atoms with E-state index in [2.05, 4.69) is 10.4 Å². The molecule has 2 aromatic rings. The Morgan fingerprint density at radius 2 is 2.21 bits per heavy atom. The molecule has 1 aromatic heterocycles. The molecule has 0 bridgehead atoms. The molecule has 1 aliphatic rings. The van der Waals surface area contributed by atoms with Crippen molar-refractivity contribution in [1.82, 2.24) is 15.1 Å². The summed E-state index contributed by atoms with van der Waals surface area (Å²) < 4.78 is 7.79. The van der Waals surface area contributed by atoms with Gasteiger partial charge < -0.3 is 10.1 Å². The Morgan fingerprint density at radius 1 is 1.32 bits per heavy atom. The number of nitrogens with zero attached hydrogens (tertiary/aromatic N) is 2. The zero-order chi connectivity index (χ0) is 12.9. The summed E-state index contributed by atoms with van der Waals surface area (Å²) in [6, 6.07) is 10.1. The van der Waals surface area contributed by atoms with E-state index in [0.717, 1.165) is 30.8 Å². The Bertz CT molecular complexity index is 503. The highest BCUT2D eigenvalue weighted by Gasteiger charge is 2.13. The van der Waals surface area contributed by atoms with Gasteiger partial charge in [0.1, 0.15) is 0 Å². The molecule has 1 N–H and O–H groups in total. The summed E-state index contributed by atoms with van der Waals surface area (Å²) in [5, 5.41) is 7.73. The van der Waals surface area contributed by atoms with Gasteiger partial charge in [-0.05, 0) is 31.5 Å². The van der Waals surface area contributed by atoms with Gasteiger partial charge in [0, 0.05) is 18.3 Å².